The van der Waals surface area contributed by atoms with Crippen LogP contribution >= 0.6 is 0 Å². The third-order valence-electron chi connectivity index (χ3n) is 2.84. The summed E-state index contributed by atoms with van der Waals surface area (Å²) in [7, 11) is 0. The number of nitrogens with zero attached hydrogens (tertiary/aromatic N) is 1. The summed E-state index contributed by atoms with van der Waals surface area (Å²) in [5, 5.41) is 18.3. The molecule has 2 nitrogen and oxygen atoms in total. The molecule has 0 aromatic heterocycles. The van der Waals surface area contributed by atoms with Crippen molar-refractivity contribution in [2.45, 2.75) is 51.0 Å². The van der Waals surface area contributed by atoms with Crippen LogP contribution in [0.2, 0.25) is 0 Å². The summed E-state index contributed by atoms with van der Waals surface area (Å²) in [5.41, 5.74) is -0.996. The summed E-state index contributed by atoms with van der Waals surface area (Å²) in [5.74, 6) is 0.753. The second-order valence-electron chi connectivity index (χ2n) is 3.88. The van der Waals surface area contributed by atoms with Gasteiger partial charge in [0, 0.05) is 0 Å². The van der Waals surface area contributed by atoms with Crippen molar-refractivity contribution in [3.05, 3.63) is 0 Å². The molecule has 0 saturated heterocycles. The molecule has 0 aromatic rings. The molecule has 68 valence electrons. The zero-order valence-corrected chi connectivity index (χ0v) is 7.71. The van der Waals surface area contributed by atoms with Crippen LogP contribution in [0.1, 0.15) is 45.4 Å². The van der Waals surface area contributed by atoms with Gasteiger partial charge in [-0.15, -0.1) is 0 Å². The van der Waals surface area contributed by atoms with Crippen LogP contribution in [-0.4, -0.2) is 10.7 Å². The first-order valence-corrected chi connectivity index (χ1v) is 4.84. The molecule has 1 saturated carbocycles. The topological polar surface area (TPSA) is 44.0 Å². The number of hydrogen-bond acceptors (Lipinski definition) is 2. The maximum Gasteiger partial charge on any atom is 0.151 e. The Kier molecular flexibility index (Phi) is 3.11. The van der Waals surface area contributed by atoms with Gasteiger partial charge in [-0.3, -0.25) is 0 Å². The Hall–Kier alpha value is -0.550. The Bertz CT molecular complexity index is 175. The summed E-state index contributed by atoms with van der Waals surface area (Å²) in [4.78, 5) is 0. The summed E-state index contributed by atoms with van der Waals surface area (Å²) in [6.45, 7) is 2.19. The van der Waals surface area contributed by atoms with Gasteiger partial charge in [0.2, 0.25) is 0 Å². The van der Waals surface area contributed by atoms with E-state index in [0.717, 1.165) is 18.8 Å². The zero-order chi connectivity index (χ0) is 9.03. The van der Waals surface area contributed by atoms with Gasteiger partial charge in [0.25, 0.3) is 0 Å². The second kappa shape index (κ2) is 3.91. The second-order valence-corrected chi connectivity index (χ2v) is 3.88. The van der Waals surface area contributed by atoms with Gasteiger partial charge in [0.05, 0.1) is 6.07 Å². The lowest BCUT2D eigenvalue weighted by Gasteiger charge is -2.30. The number of nitriles is 1. The predicted molar refractivity (Wildman–Crippen MR) is 47.4 cm³/mol. The maximum atomic E-state index is 9.60. The Labute approximate surface area is 74.2 Å². The average Bonchev–Trinajstić information content (AvgIpc) is 2.10. The van der Waals surface area contributed by atoms with Gasteiger partial charge in [0.1, 0.15) is 0 Å². The molecule has 0 aromatic carbocycles. The van der Waals surface area contributed by atoms with Gasteiger partial charge in [-0.05, 0) is 31.6 Å². The van der Waals surface area contributed by atoms with Gasteiger partial charge in [-0.25, -0.2) is 0 Å². The minimum absolute atomic E-state index is 0.675. The smallest absolute Gasteiger partial charge is 0.151 e. The van der Waals surface area contributed by atoms with Crippen LogP contribution in [0.25, 0.3) is 0 Å². The zero-order valence-electron chi connectivity index (χ0n) is 7.71. The molecule has 1 fully saturated rings. The van der Waals surface area contributed by atoms with Crippen molar-refractivity contribution >= 4 is 0 Å². The fraction of sp³-hybridized carbons (Fsp3) is 0.900. The molecule has 1 aliphatic carbocycles. The van der Waals surface area contributed by atoms with Crippen molar-refractivity contribution in [2.75, 3.05) is 0 Å². The van der Waals surface area contributed by atoms with Crippen molar-refractivity contribution in [1.82, 2.24) is 0 Å². The largest absolute Gasteiger partial charge is 0.375 e. The third-order valence-corrected chi connectivity index (χ3v) is 2.84. The van der Waals surface area contributed by atoms with E-state index in [2.05, 4.69) is 6.92 Å². The molecule has 0 amide bonds. The molecule has 0 heterocycles. The van der Waals surface area contributed by atoms with Crippen molar-refractivity contribution in [3.63, 3.8) is 0 Å². The van der Waals surface area contributed by atoms with Crippen molar-refractivity contribution in [3.8, 4) is 6.07 Å². The molecule has 0 atom stereocenters. The molecule has 0 spiro atoms. The van der Waals surface area contributed by atoms with Crippen molar-refractivity contribution in [1.29, 1.82) is 5.26 Å². The fourth-order valence-electron chi connectivity index (χ4n) is 1.96. The Morgan fingerprint density at radius 3 is 2.50 bits per heavy atom. The molecule has 1 N–H and O–H groups in total. The molecule has 1 rings (SSSR count). The fourth-order valence-corrected chi connectivity index (χ4v) is 1.96. The van der Waals surface area contributed by atoms with E-state index in [-0.39, 0.29) is 0 Å². The molecule has 0 bridgehead atoms. The number of aliphatic hydroxyl groups is 1. The van der Waals surface area contributed by atoms with E-state index in [1.165, 1.54) is 12.8 Å². The highest BCUT2D eigenvalue weighted by Gasteiger charge is 2.32. The van der Waals surface area contributed by atoms with Crippen molar-refractivity contribution in [2.24, 2.45) is 5.92 Å². The lowest BCUT2D eigenvalue weighted by atomic mass is 9.78. The molecule has 2 heteroatoms. The van der Waals surface area contributed by atoms with Crippen molar-refractivity contribution < 1.29 is 5.11 Å². The van der Waals surface area contributed by atoms with E-state index in [1.807, 2.05) is 6.07 Å². The molecule has 0 radical (unpaired) electrons. The van der Waals surface area contributed by atoms with Crippen LogP contribution in [0.5, 0.6) is 0 Å². The minimum Gasteiger partial charge on any atom is -0.375 e. The quantitative estimate of drug-likeness (QED) is 0.641. The van der Waals surface area contributed by atoms with Crippen LogP contribution in [0.15, 0.2) is 0 Å². The molecule has 12 heavy (non-hydrogen) atoms. The Balaban J connectivity index is 2.35. The molecular formula is C10H17NO. The lowest BCUT2D eigenvalue weighted by Crippen LogP contribution is -2.32. The first-order valence-electron chi connectivity index (χ1n) is 4.84. The highest BCUT2D eigenvalue weighted by Crippen LogP contribution is 2.33. The minimum atomic E-state index is -0.996. The highest BCUT2D eigenvalue weighted by atomic mass is 16.3. The number of hydrogen-bond donors (Lipinski definition) is 1. The van der Waals surface area contributed by atoms with E-state index in [0.29, 0.717) is 12.8 Å². The van der Waals surface area contributed by atoms with E-state index in [4.69, 9.17) is 5.26 Å². The van der Waals surface area contributed by atoms with Gasteiger partial charge in [-0.1, -0.05) is 19.8 Å². The SMILES string of the molecule is CCCC1CCC(O)(C#N)CC1. The lowest BCUT2D eigenvalue weighted by molar-refractivity contribution is 0.0408. The van der Waals surface area contributed by atoms with Crippen LogP contribution in [0, 0.1) is 17.2 Å². The first-order chi connectivity index (χ1) is 5.70. The van der Waals surface area contributed by atoms with Gasteiger partial charge in [0.15, 0.2) is 5.60 Å². The highest BCUT2D eigenvalue weighted by molar-refractivity contribution is 5.02. The van der Waals surface area contributed by atoms with Gasteiger partial charge in [-0.2, -0.15) is 5.26 Å². The normalized spacial score (nSPS) is 35.9. The van der Waals surface area contributed by atoms with Crippen LogP contribution in [0.3, 0.4) is 0 Å². The third kappa shape index (κ3) is 2.22. The summed E-state index contributed by atoms with van der Waals surface area (Å²) >= 11 is 0. The standard InChI is InChI=1S/C10H17NO/c1-2-3-9-4-6-10(12,8-11)7-5-9/h9,12H,2-7H2,1H3. The van der Waals surface area contributed by atoms with Crippen LogP contribution in [-0.2, 0) is 0 Å². The van der Waals surface area contributed by atoms with E-state index in [9.17, 15) is 5.11 Å². The summed E-state index contributed by atoms with van der Waals surface area (Å²) in [6.07, 6.45) is 5.87. The van der Waals surface area contributed by atoms with Gasteiger partial charge >= 0.3 is 0 Å². The van der Waals surface area contributed by atoms with E-state index in [1.54, 1.807) is 0 Å². The summed E-state index contributed by atoms with van der Waals surface area (Å²) < 4.78 is 0. The molecule has 1 aliphatic rings. The molecular weight excluding hydrogens is 150 g/mol. The summed E-state index contributed by atoms with van der Waals surface area (Å²) in [6, 6.07) is 2.00. The van der Waals surface area contributed by atoms with E-state index >= 15 is 0 Å². The Morgan fingerprint density at radius 1 is 1.50 bits per heavy atom. The Morgan fingerprint density at radius 2 is 2.08 bits per heavy atom. The average molecular weight is 167 g/mol. The van der Waals surface area contributed by atoms with Crippen LogP contribution < -0.4 is 0 Å². The van der Waals surface area contributed by atoms with Gasteiger partial charge < -0.3 is 5.11 Å². The maximum absolute atomic E-state index is 9.60. The molecule has 0 unspecified atom stereocenters. The van der Waals surface area contributed by atoms with Crippen LogP contribution in [0.4, 0.5) is 0 Å². The predicted octanol–water partition coefficient (Wildman–Crippen LogP) is 2.23. The molecule has 0 aliphatic heterocycles. The van der Waals surface area contributed by atoms with E-state index < -0.39 is 5.60 Å². The number of rotatable bonds is 2. The monoisotopic (exact) mass is 167 g/mol. The first kappa shape index (κ1) is 9.54.